The van der Waals surface area contributed by atoms with Crippen LogP contribution in [0.15, 0.2) is 12.3 Å². The molecule has 1 N–H and O–H groups in total. The molecule has 0 amide bonds. The minimum atomic E-state index is -1.04. The first-order chi connectivity index (χ1) is 8.70. The fraction of sp³-hybridized carbons (Fsp3) is 0.583. The Morgan fingerprint density at radius 3 is 3.11 bits per heavy atom. The molecule has 1 aliphatic heterocycles. The third-order valence-corrected chi connectivity index (χ3v) is 2.97. The van der Waals surface area contributed by atoms with Gasteiger partial charge in [-0.05, 0) is 25.8 Å². The Balaban J connectivity index is 2.10. The molecule has 0 aromatic carbocycles. The van der Waals surface area contributed by atoms with E-state index < -0.39 is 5.97 Å². The fourth-order valence-corrected chi connectivity index (χ4v) is 2.01. The first kappa shape index (κ1) is 12.8. The Morgan fingerprint density at radius 2 is 2.50 bits per heavy atom. The average molecular weight is 251 g/mol. The van der Waals surface area contributed by atoms with Gasteiger partial charge in [0.25, 0.3) is 0 Å². The van der Waals surface area contributed by atoms with Gasteiger partial charge in [-0.25, -0.2) is 14.8 Å². The van der Waals surface area contributed by atoms with Crippen molar-refractivity contribution in [1.82, 2.24) is 9.97 Å². The maximum Gasteiger partial charge on any atom is 0.354 e. The van der Waals surface area contributed by atoms with Crippen LogP contribution in [0.2, 0.25) is 0 Å². The van der Waals surface area contributed by atoms with Gasteiger partial charge in [-0.15, -0.1) is 0 Å². The number of rotatable bonds is 5. The van der Waals surface area contributed by atoms with Crippen molar-refractivity contribution >= 4 is 11.9 Å². The molecular weight excluding hydrogens is 234 g/mol. The summed E-state index contributed by atoms with van der Waals surface area (Å²) in [5.74, 6) is -0.584. The molecule has 98 valence electrons. The summed E-state index contributed by atoms with van der Waals surface area (Å²) < 4.78 is 5.57. The first-order valence-electron chi connectivity index (χ1n) is 6.13. The molecule has 1 atom stereocenters. The van der Waals surface area contributed by atoms with E-state index in [1.54, 1.807) is 0 Å². The Hall–Kier alpha value is -1.69. The lowest BCUT2D eigenvalue weighted by atomic mass is 10.2. The van der Waals surface area contributed by atoms with E-state index in [4.69, 9.17) is 9.84 Å². The summed E-state index contributed by atoms with van der Waals surface area (Å²) in [4.78, 5) is 21.0. The standard InChI is InChI=1S/C12H17N3O3/c1-2-15(8-9-4-3-7-18-9)12-13-6-5-10(14-12)11(16)17/h5-6,9H,2-4,7-8H2,1H3,(H,16,17). The zero-order chi connectivity index (χ0) is 13.0. The summed E-state index contributed by atoms with van der Waals surface area (Å²) in [5, 5.41) is 8.91. The predicted octanol–water partition coefficient (Wildman–Crippen LogP) is 1.18. The second-order valence-electron chi connectivity index (χ2n) is 4.22. The third-order valence-electron chi connectivity index (χ3n) is 2.97. The molecule has 1 aromatic rings. The number of carboxylic acids is 1. The smallest absolute Gasteiger partial charge is 0.354 e. The lowest BCUT2D eigenvalue weighted by Gasteiger charge is -2.23. The van der Waals surface area contributed by atoms with Gasteiger partial charge >= 0.3 is 5.97 Å². The second kappa shape index (κ2) is 5.77. The number of carbonyl (C=O) groups is 1. The van der Waals surface area contributed by atoms with Crippen LogP contribution in [0.1, 0.15) is 30.3 Å². The van der Waals surface area contributed by atoms with E-state index in [9.17, 15) is 4.79 Å². The van der Waals surface area contributed by atoms with E-state index in [2.05, 4.69) is 9.97 Å². The predicted molar refractivity (Wildman–Crippen MR) is 65.9 cm³/mol. The van der Waals surface area contributed by atoms with Crippen LogP contribution in [-0.2, 0) is 4.74 Å². The van der Waals surface area contributed by atoms with E-state index in [0.29, 0.717) is 12.5 Å². The van der Waals surface area contributed by atoms with Gasteiger partial charge in [0.05, 0.1) is 6.10 Å². The molecule has 0 aliphatic carbocycles. The summed E-state index contributed by atoms with van der Waals surface area (Å²) in [7, 11) is 0. The SMILES string of the molecule is CCN(CC1CCCO1)c1nccc(C(=O)O)n1. The lowest BCUT2D eigenvalue weighted by Crippen LogP contribution is -2.33. The van der Waals surface area contributed by atoms with Gasteiger partial charge in [-0.2, -0.15) is 0 Å². The van der Waals surface area contributed by atoms with E-state index in [-0.39, 0.29) is 11.8 Å². The molecule has 6 nitrogen and oxygen atoms in total. The third kappa shape index (κ3) is 2.95. The van der Waals surface area contributed by atoms with Crippen molar-refractivity contribution in [2.75, 3.05) is 24.6 Å². The van der Waals surface area contributed by atoms with Crippen molar-refractivity contribution < 1.29 is 14.6 Å². The minimum Gasteiger partial charge on any atom is -0.477 e. The normalized spacial score (nSPS) is 18.8. The van der Waals surface area contributed by atoms with Gasteiger partial charge in [-0.1, -0.05) is 0 Å². The highest BCUT2D eigenvalue weighted by molar-refractivity contribution is 5.85. The number of aromatic carboxylic acids is 1. The van der Waals surface area contributed by atoms with E-state index in [1.165, 1.54) is 12.3 Å². The summed E-state index contributed by atoms with van der Waals surface area (Å²) in [6.07, 6.45) is 3.79. The average Bonchev–Trinajstić information content (AvgIpc) is 2.89. The molecule has 0 radical (unpaired) electrons. The molecule has 18 heavy (non-hydrogen) atoms. The van der Waals surface area contributed by atoms with Crippen molar-refractivity contribution in [3.05, 3.63) is 18.0 Å². The van der Waals surface area contributed by atoms with Crippen LogP contribution >= 0.6 is 0 Å². The summed E-state index contributed by atoms with van der Waals surface area (Å²) in [6, 6.07) is 1.39. The topological polar surface area (TPSA) is 75.5 Å². The van der Waals surface area contributed by atoms with Crippen LogP contribution < -0.4 is 4.90 Å². The number of carboxylic acid groups (broad SMARTS) is 1. The zero-order valence-electron chi connectivity index (χ0n) is 10.4. The second-order valence-corrected chi connectivity index (χ2v) is 4.22. The monoisotopic (exact) mass is 251 g/mol. The number of nitrogens with zero attached hydrogens (tertiary/aromatic N) is 3. The number of aromatic nitrogens is 2. The number of anilines is 1. The molecule has 2 rings (SSSR count). The van der Waals surface area contributed by atoms with Crippen molar-refractivity contribution in [2.45, 2.75) is 25.9 Å². The van der Waals surface area contributed by atoms with Gasteiger partial charge < -0.3 is 14.7 Å². The number of likely N-dealkylation sites (N-methyl/N-ethyl adjacent to an activating group) is 1. The molecule has 1 fully saturated rings. The van der Waals surface area contributed by atoms with Crippen molar-refractivity contribution in [3.8, 4) is 0 Å². The van der Waals surface area contributed by atoms with Gasteiger partial charge in [0.15, 0.2) is 5.69 Å². The Bertz CT molecular complexity index is 419. The molecule has 0 spiro atoms. The van der Waals surface area contributed by atoms with Gasteiger partial charge in [0.1, 0.15) is 0 Å². The molecule has 0 bridgehead atoms. The van der Waals surface area contributed by atoms with Gasteiger partial charge in [-0.3, -0.25) is 0 Å². The largest absolute Gasteiger partial charge is 0.477 e. The molecule has 1 aromatic heterocycles. The molecule has 2 heterocycles. The quantitative estimate of drug-likeness (QED) is 0.847. The number of ether oxygens (including phenoxy) is 1. The van der Waals surface area contributed by atoms with E-state index >= 15 is 0 Å². The highest BCUT2D eigenvalue weighted by Gasteiger charge is 2.20. The Kier molecular flexibility index (Phi) is 4.09. The van der Waals surface area contributed by atoms with Crippen molar-refractivity contribution in [3.63, 3.8) is 0 Å². The summed E-state index contributed by atoms with van der Waals surface area (Å²) in [6.45, 7) is 4.23. The van der Waals surface area contributed by atoms with Crippen LogP contribution in [0.3, 0.4) is 0 Å². The Morgan fingerprint density at radius 1 is 1.67 bits per heavy atom. The van der Waals surface area contributed by atoms with Gasteiger partial charge in [0.2, 0.25) is 5.95 Å². The molecule has 0 saturated carbocycles. The highest BCUT2D eigenvalue weighted by atomic mass is 16.5. The van der Waals surface area contributed by atoms with Gasteiger partial charge in [0, 0.05) is 25.9 Å². The molecule has 1 unspecified atom stereocenters. The summed E-state index contributed by atoms with van der Waals surface area (Å²) in [5.41, 5.74) is 0.0193. The molecular formula is C12H17N3O3. The number of hydrogen-bond donors (Lipinski definition) is 1. The summed E-state index contributed by atoms with van der Waals surface area (Å²) >= 11 is 0. The molecule has 6 heteroatoms. The van der Waals surface area contributed by atoms with Crippen molar-refractivity contribution in [1.29, 1.82) is 0 Å². The maximum atomic E-state index is 10.9. The van der Waals surface area contributed by atoms with Crippen LogP contribution in [0.5, 0.6) is 0 Å². The van der Waals surface area contributed by atoms with Crippen LogP contribution in [-0.4, -0.2) is 46.8 Å². The van der Waals surface area contributed by atoms with Crippen molar-refractivity contribution in [2.24, 2.45) is 0 Å². The first-order valence-corrected chi connectivity index (χ1v) is 6.13. The maximum absolute atomic E-state index is 10.9. The Labute approximate surface area is 106 Å². The van der Waals surface area contributed by atoms with Crippen LogP contribution in [0, 0.1) is 0 Å². The van der Waals surface area contributed by atoms with Crippen LogP contribution in [0.25, 0.3) is 0 Å². The van der Waals surface area contributed by atoms with E-state index in [0.717, 1.165) is 26.0 Å². The van der Waals surface area contributed by atoms with Crippen LogP contribution in [0.4, 0.5) is 5.95 Å². The van der Waals surface area contributed by atoms with E-state index in [1.807, 2.05) is 11.8 Å². The molecule has 1 saturated heterocycles. The zero-order valence-corrected chi connectivity index (χ0v) is 10.4. The fourth-order valence-electron chi connectivity index (χ4n) is 2.01. The number of hydrogen-bond acceptors (Lipinski definition) is 5. The molecule has 1 aliphatic rings. The highest BCUT2D eigenvalue weighted by Crippen LogP contribution is 2.16. The minimum absolute atomic E-state index is 0.0193. The lowest BCUT2D eigenvalue weighted by molar-refractivity contribution is 0.0690.